The van der Waals surface area contributed by atoms with Gasteiger partial charge < -0.3 is 4.74 Å². The Bertz CT molecular complexity index is 573. The number of nitrogens with zero attached hydrogens (tertiary/aromatic N) is 1. The van der Waals surface area contributed by atoms with E-state index < -0.39 is 0 Å². The molecule has 0 radical (unpaired) electrons. The van der Waals surface area contributed by atoms with Crippen molar-refractivity contribution in [2.45, 2.75) is 46.5 Å². The highest BCUT2D eigenvalue weighted by Crippen LogP contribution is 2.25. The summed E-state index contributed by atoms with van der Waals surface area (Å²) in [6.45, 7) is 6.88. The number of benzene rings is 1. The molecule has 0 aliphatic carbocycles. The minimum Gasteiger partial charge on any atom is -0.492 e. The van der Waals surface area contributed by atoms with E-state index in [-0.39, 0.29) is 0 Å². The van der Waals surface area contributed by atoms with Gasteiger partial charge in [-0.2, -0.15) is 5.10 Å². The van der Waals surface area contributed by atoms with Crippen molar-refractivity contribution in [2.75, 3.05) is 6.61 Å². The van der Waals surface area contributed by atoms with E-state index in [2.05, 4.69) is 24.0 Å². The van der Waals surface area contributed by atoms with E-state index in [4.69, 9.17) is 16.3 Å². The summed E-state index contributed by atoms with van der Waals surface area (Å²) < 4.78 is 5.73. The summed E-state index contributed by atoms with van der Waals surface area (Å²) in [7, 11) is 0. The smallest absolute Gasteiger partial charge is 0.137 e. The van der Waals surface area contributed by atoms with Crippen LogP contribution in [0.3, 0.4) is 0 Å². The SMILES string of the molecule is Cc1ccc(OCCCCCc2c(C)n[nH]c2C)c(Cl)c1. The highest BCUT2D eigenvalue weighted by Gasteiger charge is 2.05. The zero-order valence-electron chi connectivity index (χ0n) is 13.0. The fourth-order valence-corrected chi connectivity index (χ4v) is 2.72. The van der Waals surface area contributed by atoms with Crippen LogP contribution in [-0.4, -0.2) is 16.8 Å². The third kappa shape index (κ3) is 4.50. The Morgan fingerprint density at radius 2 is 1.95 bits per heavy atom. The van der Waals surface area contributed by atoms with Crippen LogP contribution in [0.25, 0.3) is 0 Å². The molecule has 0 atom stereocenters. The van der Waals surface area contributed by atoms with Crippen LogP contribution >= 0.6 is 11.6 Å². The first-order chi connectivity index (χ1) is 10.1. The van der Waals surface area contributed by atoms with E-state index in [0.717, 1.165) is 42.7 Å². The molecule has 0 fully saturated rings. The lowest BCUT2D eigenvalue weighted by Crippen LogP contribution is -1.99. The molecule has 4 heteroatoms. The summed E-state index contributed by atoms with van der Waals surface area (Å²) >= 11 is 6.14. The fourth-order valence-electron chi connectivity index (χ4n) is 2.43. The maximum absolute atomic E-state index is 6.14. The fraction of sp³-hybridized carbons (Fsp3) is 0.471. The normalized spacial score (nSPS) is 10.9. The number of rotatable bonds is 7. The van der Waals surface area contributed by atoms with Crippen molar-refractivity contribution in [1.29, 1.82) is 0 Å². The Morgan fingerprint density at radius 1 is 1.14 bits per heavy atom. The van der Waals surface area contributed by atoms with Crippen LogP contribution in [0.4, 0.5) is 0 Å². The van der Waals surface area contributed by atoms with Crippen LogP contribution in [0.2, 0.25) is 5.02 Å². The second kappa shape index (κ2) is 7.51. The predicted molar refractivity (Wildman–Crippen MR) is 87.3 cm³/mol. The molecule has 114 valence electrons. The van der Waals surface area contributed by atoms with Crippen LogP contribution in [-0.2, 0) is 6.42 Å². The zero-order valence-corrected chi connectivity index (χ0v) is 13.8. The molecule has 1 N–H and O–H groups in total. The molecular formula is C17H23ClN2O. The molecule has 1 aromatic carbocycles. The van der Waals surface area contributed by atoms with Crippen LogP contribution in [0.1, 0.15) is 41.8 Å². The summed E-state index contributed by atoms with van der Waals surface area (Å²) in [5, 5.41) is 7.95. The molecule has 1 aromatic heterocycles. The second-order valence-electron chi connectivity index (χ2n) is 5.51. The standard InChI is InChI=1S/C17H23ClN2O/c1-12-8-9-17(16(18)11-12)21-10-6-4-5-7-15-13(2)19-20-14(15)3/h8-9,11H,4-7,10H2,1-3H3,(H,19,20). The van der Waals surface area contributed by atoms with Crippen LogP contribution in [0.5, 0.6) is 5.75 Å². The maximum atomic E-state index is 6.14. The van der Waals surface area contributed by atoms with Gasteiger partial charge in [0.15, 0.2) is 0 Å². The van der Waals surface area contributed by atoms with Crippen molar-refractivity contribution in [3.05, 3.63) is 45.7 Å². The van der Waals surface area contributed by atoms with Gasteiger partial charge in [-0.05, 0) is 69.7 Å². The highest BCUT2D eigenvalue weighted by molar-refractivity contribution is 6.32. The predicted octanol–water partition coefficient (Wildman–Crippen LogP) is 4.78. The molecule has 21 heavy (non-hydrogen) atoms. The monoisotopic (exact) mass is 306 g/mol. The average Bonchev–Trinajstić information content (AvgIpc) is 2.76. The molecule has 0 aliphatic heterocycles. The minimum atomic E-state index is 0.694. The molecule has 1 heterocycles. The van der Waals surface area contributed by atoms with E-state index >= 15 is 0 Å². The highest BCUT2D eigenvalue weighted by atomic mass is 35.5. The lowest BCUT2D eigenvalue weighted by atomic mass is 10.1. The lowest BCUT2D eigenvalue weighted by molar-refractivity contribution is 0.305. The van der Waals surface area contributed by atoms with Crippen molar-refractivity contribution in [3.63, 3.8) is 0 Å². The van der Waals surface area contributed by atoms with Gasteiger partial charge in [0.1, 0.15) is 5.75 Å². The van der Waals surface area contributed by atoms with Crippen LogP contribution in [0, 0.1) is 20.8 Å². The quantitative estimate of drug-likeness (QED) is 0.747. The van der Waals surface area contributed by atoms with Gasteiger partial charge in [-0.3, -0.25) is 5.10 Å². The summed E-state index contributed by atoms with van der Waals surface area (Å²) in [6.07, 6.45) is 4.43. The van der Waals surface area contributed by atoms with Gasteiger partial charge >= 0.3 is 0 Å². The number of hydrogen-bond donors (Lipinski definition) is 1. The van der Waals surface area contributed by atoms with E-state index in [9.17, 15) is 0 Å². The van der Waals surface area contributed by atoms with Crippen molar-refractivity contribution < 1.29 is 4.74 Å². The average molecular weight is 307 g/mol. The number of aromatic nitrogens is 2. The third-order valence-corrected chi connectivity index (χ3v) is 3.99. The van der Waals surface area contributed by atoms with Gasteiger partial charge in [-0.1, -0.05) is 17.7 Å². The van der Waals surface area contributed by atoms with Crippen molar-refractivity contribution in [2.24, 2.45) is 0 Å². The second-order valence-corrected chi connectivity index (χ2v) is 5.91. The summed E-state index contributed by atoms with van der Waals surface area (Å²) in [6, 6.07) is 5.89. The van der Waals surface area contributed by atoms with Crippen molar-refractivity contribution in [3.8, 4) is 5.75 Å². The molecule has 0 aliphatic rings. The van der Waals surface area contributed by atoms with E-state index in [1.165, 1.54) is 11.3 Å². The number of unbranched alkanes of at least 4 members (excludes halogenated alkanes) is 2. The first kappa shape index (κ1) is 15.9. The summed E-state index contributed by atoms with van der Waals surface area (Å²) in [5.74, 6) is 0.781. The molecule has 0 saturated carbocycles. The topological polar surface area (TPSA) is 37.9 Å². The number of hydrogen-bond acceptors (Lipinski definition) is 2. The molecule has 0 spiro atoms. The van der Waals surface area contributed by atoms with Gasteiger partial charge in [0.05, 0.1) is 17.3 Å². The van der Waals surface area contributed by atoms with Gasteiger partial charge in [0.2, 0.25) is 0 Å². The largest absolute Gasteiger partial charge is 0.492 e. The lowest BCUT2D eigenvalue weighted by Gasteiger charge is -2.08. The number of ether oxygens (including phenoxy) is 1. The van der Waals surface area contributed by atoms with Crippen molar-refractivity contribution in [1.82, 2.24) is 10.2 Å². The number of H-pyrrole nitrogens is 1. The summed E-state index contributed by atoms with van der Waals surface area (Å²) in [5.41, 5.74) is 4.82. The van der Waals surface area contributed by atoms with Gasteiger partial charge in [0.25, 0.3) is 0 Å². The zero-order chi connectivity index (χ0) is 15.2. The molecule has 0 saturated heterocycles. The number of aryl methyl sites for hydroxylation is 3. The molecule has 3 nitrogen and oxygen atoms in total. The molecular weight excluding hydrogens is 284 g/mol. The van der Waals surface area contributed by atoms with Gasteiger partial charge in [-0.25, -0.2) is 0 Å². The molecule has 2 aromatic rings. The number of aromatic amines is 1. The van der Waals surface area contributed by atoms with E-state index in [1.807, 2.05) is 25.1 Å². The minimum absolute atomic E-state index is 0.694. The van der Waals surface area contributed by atoms with E-state index in [1.54, 1.807) is 0 Å². The third-order valence-electron chi connectivity index (χ3n) is 3.70. The van der Waals surface area contributed by atoms with Crippen LogP contribution in [0.15, 0.2) is 18.2 Å². The van der Waals surface area contributed by atoms with Crippen LogP contribution < -0.4 is 4.74 Å². The van der Waals surface area contributed by atoms with Gasteiger partial charge in [0, 0.05) is 5.69 Å². The first-order valence-electron chi connectivity index (χ1n) is 7.47. The Balaban J connectivity index is 1.66. The molecule has 0 unspecified atom stereocenters. The Kier molecular flexibility index (Phi) is 5.68. The number of nitrogens with one attached hydrogen (secondary N) is 1. The Labute approximate surface area is 131 Å². The first-order valence-corrected chi connectivity index (χ1v) is 7.85. The van der Waals surface area contributed by atoms with Gasteiger partial charge in [-0.15, -0.1) is 0 Å². The summed E-state index contributed by atoms with van der Waals surface area (Å²) in [4.78, 5) is 0. The van der Waals surface area contributed by atoms with E-state index in [0.29, 0.717) is 11.6 Å². The maximum Gasteiger partial charge on any atom is 0.137 e. The molecule has 0 bridgehead atoms. The van der Waals surface area contributed by atoms with Crippen molar-refractivity contribution >= 4 is 11.6 Å². The molecule has 0 amide bonds. The Morgan fingerprint density at radius 3 is 2.62 bits per heavy atom. The molecule has 2 rings (SSSR count). The number of halogens is 1. The Hall–Kier alpha value is -1.48.